The van der Waals surface area contributed by atoms with Gasteiger partial charge in [0.25, 0.3) is 0 Å². The van der Waals surface area contributed by atoms with Gasteiger partial charge in [-0.25, -0.2) is 0 Å². The number of ether oxygens (including phenoxy) is 1. The van der Waals surface area contributed by atoms with Gasteiger partial charge in [0, 0.05) is 23.1 Å². The van der Waals surface area contributed by atoms with Gasteiger partial charge in [-0.1, -0.05) is 29.3 Å². The third-order valence-corrected chi connectivity index (χ3v) is 5.37. The molecule has 0 saturated carbocycles. The molecular formula is C20H27Cl2IN4O2. The highest BCUT2D eigenvalue weighted by Crippen LogP contribution is 2.26. The van der Waals surface area contributed by atoms with Crippen LogP contribution in [0.2, 0.25) is 10.0 Å². The first-order chi connectivity index (χ1) is 13.4. The van der Waals surface area contributed by atoms with Crippen LogP contribution in [0.1, 0.15) is 36.1 Å². The average molecular weight is 553 g/mol. The number of halogens is 3. The molecule has 2 aromatic rings. The van der Waals surface area contributed by atoms with Crippen LogP contribution in [0.4, 0.5) is 0 Å². The molecule has 3 N–H and O–H groups in total. The zero-order chi connectivity index (χ0) is 20.1. The van der Waals surface area contributed by atoms with E-state index in [9.17, 15) is 0 Å². The highest BCUT2D eigenvalue weighted by atomic mass is 127. The number of aliphatic imine (C=N–C) groups is 1. The monoisotopic (exact) mass is 552 g/mol. The zero-order valence-corrected chi connectivity index (χ0v) is 20.4. The summed E-state index contributed by atoms with van der Waals surface area (Å²) in [4.78, 5) is 6.89. The highest BCUT2D eigenvalue weighted by Gasteiger charge is 2.25. The van der Waals surface area contributed by atoms with Crippen LogP contribution < -0.4 is 11.1 Å². The molecule has 1 fully saturated rings. The van der Waals surface area contributed by atoms with Crippen LogP contribution in [0, 0.1) is 6.92 Å². The minimum absolute atomic E-state index is 0. The van der Waals surface area contributed by atoms with E-state index in [1.165, 1.54) is 0 Å². The molecule has 29 heavy (non-hydrogen) atoms. The molecule has 1 aliphatic heterocycles. The van der Waals surface area contributed by atoms with Crippen LogP contribution in [-0.4, -0.2) is 43.7 Å². The Morgan fingerprint density at radius 3 is 2.59 bits per heavy atom. The van der Waals surface area contributed by atoms with Crippen molar-refractivity contribution in [3.05, 3.63) is 57.5 Å². The van der Waals surface area contributed by atoms with Crippen LogP contribution in [0.15, 0.2) is 39.7 Å². The molecule has 1 saturated heterocycles. The number of hydrogen-bond acceptors (Lipinski definition) is 4. The number of guanidine groups is 1. The lowest BCUT2D eigenvalue weighted by atomic mass is 10.1. The van der Waals surface area contributed by atoms with E-state index >= 15 is 0 Å². The Kier molecular flexibility index (Phi) is 9.55. The molecule has 2 heterocycles. The van der Waals surface area contributed by atoms with Crippen molar-refractivity contribution < 1.29 is 9.15 Å². The Morgan fingerprint density at radius 1 is 1.24 bits per heavy atom. The smallest absolute Gasteiger partial charge is 0.189 e. The van der Waals surface area contributed by atoms with Gasteiger partial charge in [-0.15, -0.1) is 24.0 Å². The number of morpholine rings is 1. The fraction of sp³-hybridized carbons (Fsp3) is 0.450. The number of nitrogens with two attached hydrogens (primary N) is 1. The van der Waals surface area contributed by atoms with E-state index in [4.69, 9.17) is 38.1 Å². The minimum atomic E-state index is -0.0961. The second-order valence-electron chi connectivity index (χ2n) is 6.87. The van der Waals surface area contributed by atoms with Crippen molar-refractivity contribution in [3.8, 4) is 0 Å². The lowest BCUT2D eigenvalue weighted by Gasteiger charge is -2.32. The van der Waals surface area contributed by atoms with E-state index < -0.39 is 0 Å². The number of nitrogens with zero attached hydrogens (tertiary/aromatic N) is 2. The number of rotatable bonds is 6. The molecule has 0 spiro atoms. The Hall–Kier alpha value is -1.000. The van der Waals surface area contributed by atoms with Crippen LogP contribution in [-0.2, 0) is 4.74 Å². The van der Waals surface area contributed by atoms with Crippen molar-refractivity contribution in [1.82, 2.24) is 10.2 Å². The summed E-state index contributed by atoms with van der Waals surface area (Å²) in [5.74, 6) is 2.14. The molecule has 0 bridgehead atoms. The molecule has 2 unspecified atom stereocenters. The van der Waals surface area contributed by atoms with Gasteiger partial charge in [-0.2, -0.15) is 0 Å². The first kappa shape index (κ1) is 24.3. The van der Waals surface area contributed by atoms with Crippen molar-refractivity contribution in [3.63, 3.8) is 0 Å². The van der Waals surface area contributed by atoms with E-state index in [-0.39, 0.29) is 36.1 Å². The van der Waals surface area contributed by atoms with Gasteiger partial charge in [-0.3, -0.25) is 9.89 Å². The molecule has 1 aliphatic rings. The fourth-order valence-electron chi connectivity index (χ4n) is 3.29. The van der Waals surface area contributed by atoms with Crippen LogP contribution in [0.25, 0.3) is 0 Å². The number of furan rings is 1. The molecule has 1 aromatic carbocycles. The summed E-state index contributed by atoms with van der Waals surface area (Å²) in [7, 11) is 0. The zero-order valence-electron chi connectivity index (χ0n) is 16.5. The summed E-state index contributed by atoms with van der Waals surface area (Å²) in [6.07, 6.45) is 0. The van der Waals surface area contributed by atoms with Crippen molar-refractivity contribution in [2.45, 2.75) is 25.9 Å². The van der Waals surface area contributed by atoms with Gasteiger partial charge in [-0.05, 0) is 43.7 Å². The molecule has 160 valence electrons. The molecule has 0 radical (unpaired) electrons. The molecule has 1 aromatic heterocycles. The summed E-state index contributed by atoms with van der Waals surface area (Å²) in [5, 5.41) is 4.39. The quantitative estimate of drug-likeness (QED) is 0.312. The number of hydrogen-bond donors (Lipinski definition) is 2. The Labute approximate surface area is 198 Å². The van der Waals surface area contributed by atoms with E-state index in [1.54, 1.807) is 6.07 Å². The maximum atomic E-state index is 6.28. The van der Waals surface area contributed by atoms with Crippen molar-refractivity contribution in [2.75, 3.05) is 32.8 Å². The Bertz CT molecular complexity index is 825. The molecule has 6 nitrogen and oxygen atoms in total. The third-order valence-electron chi connectivity index (χ3n) is 4.80. The minimum Gasteiger partial charge on any atom is -0.465 e. The molecule has 0 amide bonds. The van der Waals surface area contributed by atoms with Gasteiger partial charge < -0.3 is 20.2 Å². The summed E-state index contributed by atoms with van der Waals surface area (Å²) >= 11 is 12.3. The fourth-order valence-corrected chi connectivity index (χ4v) is 3.86. The number of aryl methyl sites for hydroxylation is 1. The second kappa shape index (κ2) is 11.4. The normalized spacial score (nSPS) is 17.4. The Balaban J connectivity index is 0.00000300. The first-order valence-electron chi connectivity index (χ1n) is 9.33. The predicted molar refractivity (Wildman–Crippen MR) is 128 cm³/mol. The van der Waals surface area contributed by atoms with Crippen molar-refractivity contribution in [2.24, 2.45) is 10.7 Å². The Morgan fingerprint density at radius 2 is 1.97 bits per heavy atom. The molecule has 2 atom stereocenters. The van der Waals surface area contributed by atoms with E-state index in [1.807, 2.05) is 38.1 Å². The van der Waals surface area contributed by atoms with Gasteiger partial charge in [0.15, 0.2) is 5.96 Å². The standard InChI is InChI=1S/C20H26Cl2N4O2.HI/c1-13-3-6-19(28-13)18(26-7-9-27-10-8-26)12-24-20(23)25-14(2)16-5-4-15(21)11-17(16)22;/h3-6,11,14,18H,7-10,12H2,1-2H3,(H3,23,24,25);1H. The third kappa shape index (κ3) is 6.75. The van der Waals surface area contributed by atoms with Gasteiger partial charge in [0.05, 0.1) is 31.8 Å². The van der Waals surface area contributed by atoms with Gasteiger partial charge >= 0.3 is 0 Å². The molecule has 0 aliphatic carbocycles. The molecule has 9 heteroatoms. The van der Waals surface area contributed by atoms with Gasteiger partial charge in [0.2, 0.25) is 0 Å². The van der Waals surface area contributed by atoms with Crippen LogP contribution in [0.3, 0.4) is 0 Å². The van der Waals surface area contributed by atoms with Crippen molar-refractivity contribution in [1.29, 1.82) is 0 Å². The predicted octanol–water partition coefficient (Wildman–Crippen LogP) is 4.55. The summed E-state index contributed by atoms with van der Waals surface area (Å²) in [5.41, 5.74) is 7.06. The summed E-state index contributed by atoms with van der Waals surface area (Å²) < 4.78 is 11.3. The summed E-state index contributed by atoms with van der Waals surface area (Å²) in [6.45, 7) is 7.50. The lowest BCUT2D eigenvalue weighted by molar-refractivity contribution is 0.0135. The topological polar surface area (TPSA) is 76.0 Å². The largest absolute Gasteiger partial charge is 0.465 e. The van der Waals surface area contributed by atoms with E-state index in [0.717, 1.165) is 30.2 Å². The van der Waals surface area contributed by atoms with E-state index in [0.29, 0.717) is 35.8 Å². The van der Waals surface area contributed by atoms with Crippen molar-refractivity contribution >= 4 is 53.1 Å². The van der Waals surface area contributed by atoms with Crippen LogP contribution in [0.5, 0.6) is 0 Å². The maximum absolute atomic E-state index is 6.28. The van der Waals surface area contributed by atoms with Crippen LogP contribution >= 0.6 is 47.2 Å². The molecular weight excluding hydrogens is 526 g/mol. The highest BCUT2D eigenvalue weighted by molar-refractivity contribution is 14.0. The van der Waals surface area contributed by atoms with Gasteiger partial charge in [0.1, 0.15) is 11.5 Å². The second-order valence-corrected chi connectivity index (χ2v) is 7.71. The number of benzene rings is 1. The number of nitrogens with one attached hydrogen (secondary N) is 1. The summed E-state index contributed by atoms with van der Waals surface area (Å²) in [6, 6.07) is 9.31. The SMILES string of the molecule is Cc1ccc(C(CN=C(N)NC(C)c2ccc(Cl)cc2Cl)N2CCOCC2)o1.I. The molecule has 3 rings (SSSR count). The lowest BCUT2D eigenvalue weighted by Crippen LogP contribution is -2.41. The average Bonchev–Trinajstić information content (AvgIpc) is 3.08. The maximum Gasteiger partial charge on any atom is 0.189 e. The first-order valence-corrected chi connectivity index (χ1v) is 10.1. The van der Waals surface area contributed by atoms with E-state index in [2.05, 4.69) is 15.2 Å².